The summed E-state index contributed by atoms with van der Waals surface area (Å²) in [6, 6.07) is 0. The van der Waals surface area contributed by atoms with E-state index in [0.29, 0.717) is 4.83 Å². The van der Waals surface area contributed by atoms with Crippen LogP contribution in [-0.4, -0.2) is 22.4 Å². The van der Waals surface area contributed by atoms with Crippen LogP contribution < -0.4 is 0 Å². The lowest BCUT2D eigenvalue weighted by Gasteiger charge is -2.30. The van der Waals surface area contributed by atoms with E-state index < -0.39 is 0 Å². The van der Waals surface area contributed by atoms with Crippen LogP contribution in [0.3, 0.4) is 0 Å². The summed E-state index contributed by atoms with van der Waals surface area (Å²) < 4.78 is 6.13. The molecular formula is C15H20BrClO. The Kier molecular flexibility index (Phi) is 7.74. The van der Waals surface area contributed by atoms with Crippen LogP contribution in [0.15, 0.2) is 24.3 Å². The summed E-state index contributed by atoms with van der Waals surface area (Å²) in [6.45, 7) is 2.14. The zero-order valence-corrected chi connectivity index (χ0v) is 13.0. The molecule has 100 valence electrons. The molecule has 1 aliphatic heterocycles. The van der Waals surface area contributed by atoms with Crippen LogP contribution in [0, 0.1) is 12.3 Å². The Bertz CT molecular complexity index is 332. The monoisotopic (exact) mass is 330 g/mol. The molecule has 0 aromatic carbocycles. The van der Waals surface area contributed by atoms with Crippen LogP contribution in [0.1, 0.15) is 32.6 Å². The Morgan fingerprint density at radius 3 is 2.94 bits per heavy atom. The fourth-order valence-electron chi connectivity index (χ4n) is 1.98. The number of hydrogen-bond acceptors (Lipinski definition) is 1. The Labute approximate surface area is 124 Å². The largest absolute Gasteiger partial charge is 0.372 e. The fourth-order valence-corrected chi connectivity index (χ4v) is 2.96. The van der Waals surface area contributed by atoms with Crippen molar-refractivity contribution < 1.29 is 4.74 Å². The van der Waals surface area contributed by atoms with E-state index in [0.717, 1.165) is 25.7 Å². The van der Waals surface area contributed by atoms with E-state index in [9.17, 15) is 0 Å². The maximum Gasteiger partial charge on any atom is 0.0780 e. The number of halogens is 2. The first-order chi connectivity index (χ1) is 8.69. The highest BCUT2D eigenvalue weighted by Gasteiger charge is 2.26. The van der Waals surface area contributed by atoms with Crippen molar-refractivity contribution in [3.8, 4) is 12.3 Å². The second-order valence-corrected chi connectivity index (χ2v) is 6.14. The molecule has 0 radical (unpaired) electrons. The van der Waals surface area contributed by atoms with E-state index in [4.69, 9.17) is 22.8 Å². The molecule has 18 heavy (non-hydrogen) atoms. The van der Waals surface area contributed by atoms with Gasteiger partial charge in [-0.1, -0.05) is 47.0 Å². The smallest absolute Gasteiger partial charge is 0.0780 e. The van der Waals surface area contributed by atoms with Crippen molar-refractivity contribution in [3.63, 3.8) is 0 Å². The van der Waals surface area contributed by atoms with Crippen LogP contribution in [0.25, 0.3) is 0 Å². The summed E-state index contributed by atoms with van der Waals surface area (Å²) >= 11 is 10.1. The molecule has 0 fully saturated rings. The van der Waals surface area contributed by atoms with Gasteiger partial charge in [-0.15, -0.1) is 18.0 Å². The van der Waals surface area contributed by atoms with Crippen molar-refractivity contribution >= 4 is 27.5 Å². The third kappa shape index (κ3) is 5.18. The first kappa shape index (κ1) is 15.8. The summed E-state index contributed by atoms with van der Waals surface area (Å²) in [5.74, 6) is 2.47. The molecular weight excluding hydrogens is 312 g/mol. The Morgan fingerprint density at radius 2 is 2.28 bits per heavy atom. The van der Waals surface area contributed by atoms with Gasteiger partial charge in [-0.3, -0.25) is 0 Å². The van der Waals surface area contributed by atoms with Crippen LogP contribution >= 0.6 is 27.5 Å². The van der Waals surface area contributed by atoms with E-state index >= 15 is 0 Å². The summed E-state index contributed by atoms with van der Waals surface area (Å²) in [4.78, 5) is 0.367. The number of ether oxygens (including phenoxy) is 1. The van der Waals surface area contributed by atoms with Gasteiger partial charge in [0.25, 0.3) is 0 Å². The normalized spacial score (nSPS) is 32.4. The summed E-state index contributed by atoms with van der Waals surface area (Å²) in [6.07, 6.45) is 17.0. The minimum Gasteiger partial charge on any atom is -0.372 e. The first-order valence-corrected chi connectivity index (χ1v) is 7.74. The molecule has 4 atom stereocenters. The maximum atomic E-state index is 6.40. The predicted octanol–water partition coefficient (Wildman–Crippen LogP) is 4.45. The number of alkyl halides is 2. The number of terminal acetylenes is 1. The third-order valence-electron chi connectivity index (χ3n) is 3.03. The zero-order chi connectivity index (χ0) is 13.4. The molecule has 1 aliphatic rings. The van der Waals surface area contributed by atoms with Crippen molar-refractivity contribution in [2.45, 2.75) is 55.0 Å². The van der Waals surface area contributed by atoms with Gasteiger partial charge in [0.05, 0.1) is 17.6 Å². The molecule has 1 rings (SSSR count). The highest BCUT2D eigenvalue weighted by atomic mass is 79.9. The standard InChI is InChI=1S/C15H20BrClO/c1-3-5-6-10-13(17)15-11-8-7-9-12(16)14(4-2)18-15/h1,5-8,12-15H,4,9-11H2,2H3/b6-5+,8-7-/t12-,13-,14-,15-/m1/s1. The van der Waals surface area contributed by atoms with E-state index in [2.05, 4.69) is 40.9 Å². The van der Waals surface area contributed by atoms with Gasteiger partial charge in [-0.25, -0.2) is 0 Å². The molecule has 0 aliphatic carbocycles. The van der Waals surface area contributed by atoms with Crippen LogP contribution in [0.2, 0.25) is 0 Å². The lowest BCUT2D eigenvalue weighted by atomic mass is 10.0. The molecule has 0 amide bonds. The highest BCUT2D eigenvalue weighted by Crippen LogP contribution is 2.26. The van der Waals surface area contributed by atoms with Gasteiger partial charge in [0.15, 0.2) is 0 Å². The predicted molar refractivity (Wildman–Crippen MR) is 82.3 cm³/mol. The van der Waals surface area contributed by atoms with E-state index in [-0.39, 0.29) is 17.6 Å². The van der Waals surface area contributed by atoms with Gasteiger partial charge < -0.3 is 4.74 Å². The van der Waals surface area contributed by atoms with Gasteiger partial charge in [0.2, 0.25) is 0 Å². The molecule has 1 nitrogen and oxygen atoms in total. The average Bonchev–Trinajstić information content (AvgIpc) is 2.35. The second kappa shape index (κ2) is 8.80. The zero-order valence-electron chi connectivity index (χ0n) is 10.7. The van der Waals surface area contributed by atoms with E-state index in [1.165, 1.54) is 0 Å². The number of hydrogen-bond donors (Lipinski definition) is 0. The minimum atomic E-state index is -0.0360. The number of allylic oxidation sites excluding steroid dienone is 3. The Hall–Kier alpha value is -0.230. The molecule has 0 saturated carbocycles. The Morgan fingerprint density at radius 1 is 1.56 bits per heavy atom. The minimum absolute atomic E-state index is 0.0360. The molecule has 0 spiro atoms. The molecule has 0 aromatic heterocycles. The number of rotatable bonds is 4. The molecule has 0 N–H and O–H groups in total. The summed E-state index contributed by atoms with van der Waals surface area (Å²) in [7, 11) is 0. The Balaban J connectivity index is 2.62. The van der Waals surface area contributed by atoms with E-state index in [1.807, 2.05) is 6.08 Å². The van der Waals surface area contributed by atoms with Gasteiger partial charge in [0, 0.05) is 4.83 Å². The average molecular weight is 332 g/mol. The molecule has 0 unspecified atom stereocenters. The van der Waals surface area contributed by atoms with E-state index in [1.54, 1.807) is 6.08 Å². The second-order valence-electron chi connectivity index (χ2n) is 4.40. The van der Waals surface area contributed by atoms with Crippen LogP contribution in [0.4, 0.5) is 0 Å². The van der Waals surface area contributed by atoms with Crippen molar-refractivity contribution in [1.29, 1.82) is 0 Å². The molecule has 0 bridgehead atoms. The molecule has 0 aromatic rings. The van der Waals surface area contributed by atoms with Crippen molar-refractivity contribution in [3.05, 3.63) is 24.3 Å². The fraction of sp³-hybridized carbons (Fsp3) is 0.600. The SMILES string of the molecule is C#C/C=C/C[C@@H](Cl)[C@H]1C/C=C\C[C@@H](Br)[C@@H](CC)O1. The van der Waals surface area contributed by atoms with Gasteiger partial charge in [-0.2, -0.15) is 0 Å². The molecule has 3 heteroatoms. The lowest BCUT2D eigenvalue weighted by molar-refractivity contribution is -0.0149. The van der Waals surface area contributed by atoms with Gasteiger partial charge >= 0.3 is 0 Å². The highest BCUT2D eigenvalue weighted by molar-refractivity contribution is 9.09. The van der Waals surface area contributed by atoms with Crippen LogP contribution in [-0.2, 0) is 4.74 Å². The first-order valence-electron chi connectivity index (χ1n) is 6.38. The maximum absolute atomic E-state index is 6.40. The van der Waals surface area contributed by atoms with Crippen molar-refractivity contribution in [2.24, 2.45) is 0 Å². The molecule has 0 saturated heterocycles. The van der Waals surface area contributed by atoms with Crippen molar-refractivity contribution in [1.82, 2.24) is 0 Å². The van der Waals surface area contributed by atoms with Gasteiger partial charge in [-0.05, 0) is 31.8 Å². The summed E-state index contributed by atoms with van der Waals surface area (Å²) in [5, 5.41) is -0.0360. The molecule has 1 heterocycles. The van der Waals surface area contributed by atoms with Gasteiger partial charge in [0.1, 0.15) is 0 Å². The van der Waals surface area contributed by atoms with Crippen molar-refractivity contribution in [2.75, 3.05) is 0 Å². The third-order valence-corrected chi connectivity index (χ3v) is 4.45. The topological polar surface area (TPSA) is 9.23 Å². The van der Waals surface area contributed by atoms with Crippen LogP contribution in [0.5, 0.6) is 0 Å². The summed E-state index contributed by atoms with van der Waals surface area (Å²) in [5.41, 5.74) is 0. The quantitative estimate of drug-likeness (QED) is 0.420. The lowest BCUT2D eigenvalue weighted by Crippen LogP contribution is -2.34.